The molecular weight excluding hydrogens is 280 g/mol. The van der Waals surface area contributed by atoms with Gasteiger partial charge in [0, 0.05) is 6.04 Å². The van der Waals surface area contributed by atoms with Crippen molar-refractivity contribution in [2.45, 2.75) is 51.3 Å². The van der Waals surface area contributed by atoms with Crippen LogP contribution in [0.4, 0.5) is 5.69 Å². The van der Waals surface area contributed by atoms with Gasteiger partial charge in [-0.25, -0.2) is 0 Å². The van der Waals surface area contributed by atoms with E-state index in [2.05, 4.69) is 10.2 Å². The first kappa shape index (κ1) is 16.8. The van der Waals surface area contributed by atoms with E-state index in [9.17, 15) is 9.90 Å². The minimum Gasteiger partial charge on any atom is -0.495 e. The molecule has 1 saturated heterocycles. The van der Waals surface area contributed by atoms with Crippen molar-refractivity contribution in [1.82, 2.24) is 4.90 Å². The Morgan fingerprint density at radius 2 is 2.18 bits per heavy atom. The third kappa shape index (κ3) is 3.99. The topological polar surface area (TPSA) is 61.8 Å². The summed E-state index contributed by atoms with van der Waals surface area (Å²) in [6.45, 7) is 4.62. The summed E-state index contributed by atoms with van der Waals surface area (Å²) in [5.41, 5.74) is 0.688. The van der Waals surface area contributed by atoms with Crippen LogP contribution < -0.4 is 10.1 Å². The molecule has 0 spiro atoms. The van der Waals surface area contributed by atoms with Crippen LogP contribution in [0.25, 0.3) is 0 Å². The summed E-state index contributed by atoms with van der Waals surface area (Å²) < 4.78 is 5.26. The fraction of sp³-hybridized carbons (Fsp3) is 0.588. The summed E-state index contributed by atoms with van der Waals surface area (Å²) in [6, 6.07) is 7.45. The molecule has 1 heterocycles. The second-order valence-electron chi connectivity index (χ2n) is 5.98. The van der Waals surface area contributed by atoms with E-state index in [1.54, 1.807) is 14.0 Å². The molecule has 3 unspecified atom stereocenters. The largest absolute Gasteiger partial charge is 0.495 e. The molecule has 0 aliphatic carbocycles. The number of hydrogen-bond donors (Lipinski definition) is 2. The van der Waals surface area contributed by atoms with Crippen molar-refractivity contribution < 1.29 is 14.6 Å². The number of hydrogen-bond acceptors (Lipinski definition) is 4. The highest BCUT2D eigenvalue weighted by Gasteiger charge is 2.32. The van der Waals surface area contributed by atoms with E-state index in [4.69, 9.17) is 4.74 Å². The van der Waals surface area contributed by atoms with Crippen molar-refractivity contribution >= 4 is 11.6 Å². The Kier molecular flexibility index (Phi) is 5.80. The van der Waals surface area contributed by atoms with Crippen molar-refractivity contribution in [1.29, 1.82) is 0 Å². The Hall–Kier alpha value is -1.59. The van der Waals surface area contributed by atoms with E-state index >= 15 is 0 Å². The van der Waals surface area contributed by atoms with Gasteiger partial charge in [-0.05, 0) is 51.8 Å². The summed E-state index contributed by atoms with van der Waals surface area (Å²) in [7, 11) is 1.59. The molecule has 1 aromatic rings. The highest BCUT2D eigenvalue weighted by atomic mass is 16.5. The predicted molar refractivity (Wildman–Crippen MR) is 87.1 cm³/mol. The molecule has 0 radical (unpaired) electrons. The van der Waals surface area contributed by atoms with Crippen LogP contribution in [-0.4, -0.2) is 47.8 Å². The monoisotopic (exact) mass is 306 g/mol. The van der Waals surface area contributed by atoms with Gasteiger partial charge in [-0.2, -0.15) is 0 Å². The zero-order valence-electron chi connectivity index (χ0n) is 13.6. The van der Waals surface area contributed by atoms with E-state index in [-0.39, 0.29) is 24.1 Å². The molecule has 2 N–H and O–H groups in total. The SMILES string of the molecule is COc1ccccc1NC(=O)C(C)N1CCCC1CC(C)O. The zero-order chi connectivity index (χ0) is 16.1. The van der Waals surface area contributed by atoms with Crippen molar-refractivity contribution in [2.75, 3.05) is 19.0 Å². The van der Waals surface area contributed by atoms with Crippen LogP contribution >= 0.6 is 0 Å². The lowest BCUT2D eigenvalue weighted by Gasteiger charge is -2.30. The first-order chi connectivity index (χ1) is 10.5. The number of ether oxygens (including phenoxy) is 1. The third-order valence-corrected chi connectivity index (χ3v) is 4.28. The fourth-order valence-corrected chi connectivity index (χ4v) is 3.15. The Labute approximate surface area is 132 Å². The smallest absolute Gasteiger partial charge is 0.241 e. The lowest BCUT2D eigenvalue weighted by atomic mass is 10.1. The van der Waals surface area contributed by atoms with Crippen LogP contribution in [0.3, 0.4) is 0 Å². The molecule has 22 heavy (non-hydrogen) atoms. The maximum absolute atomic E-state index is 12.5. The first-order valence-corrected chi connectivity index (χ1v) is 7.90. The van der Waals surface area contributed by atoms with Gasteiger partial charge < -0.3 is 15.2 Å². The van der Waals surface area contributed by atoms with E-state index in [0.29, 0.717) is 17.9 Å². The van der Waals surface area contributed by atoms with E-state index < -0.39 is 0 Å². The third-order valence-electron chi connectivity index (χ3n) is 4.28. The van der Waals surface area contributed by atoms with Crippen LogP contribution in [-0.2, 0) is 4.79 Å². The summed E-state index contributed by atoms with van der Waals surface area (Å²) >= 11 is 0. The fourth-order valence-electron chi connectivity index (χ4n) is 3.15. The molecule has 0 aromatic heterocycles. The molecule has 1 fully saturated rings. The van der Waals surface area contributed by atoms with Gasteiger partial charge in [0.25, 0.3) is 0 Å². The zero-order valence-corrected chi connectivity index (χ0v) is 13.6. The van der Waals surface area contributed by atoms with Crippen LogP contribution in [0.2, 0.25) is 0 Å². The summed E-state index contributed by atoms with van der Waals surface area (Å²) in [5.74, 6) is 0.618. The molecule has 1 amide bonds. The Bertz CT molecular complexity index is 504. The van der Waals surface area contributed by atoms with Gasteiger partial charge in [-0.15, -0.1) is 0 Å². The number of para-hydroxylation sites is 2. The minimum absolute atomic E-state index is 0.0398. The second-order valence-corrected chi connectivity index (χ2v) is 5.98. The van der Waals surface area contributed by atoms with Crippen molar-refractivity contribution in [3.63, 3.8) is 0 Å². The number of rotatable bonds is 6. The molecule has 5 heteroatoms. The lowest BCUT2D eigenvalue weighted by molar-refractivity contribution is -0.121. The molecule has 2 rings (SSSR count). The molecule has 1 aliphatic rings. The predicted octanol–water partition coefficient (Wildman–Crippen LogP) is 2.26. The van der Waals surface area contributed by atoms with E-state index in [1.807, 2.05) is 31.2 Å². The molecule has 1 aliphatic heterocycles. The van der Waals surface area contributed by atoms with E-state index in [1.165, 1.54) is 0 Å². The second kappa shape index (κ2) is 7.61. The first-order valence-electron chi connectivity index (χ1n) is 7.90. The number of carbonyl (C=O) groups is 1. The number of anilines is 1. The van der Waals surface area contributed by atoms with Crippen LogP contribution in [0.15, 0.2) is 24.3 Å². The number of aliphatic hydroxyl groups excluding tert-OH is 1. The highest BCUT2D eigenvalue weighted by Crippen LogP contribution is 2.26. The van der Waals surface area contributed by atoms with Gasteiger partial charge in [0.15, 0.2) is 0 Å². The summed E-state index contributed by atoms with van der Waals surface area (Å²) in [6.07, 6.45) is 2.49. The maximum Gasteiger partial charge on any atom is 0.241 e. The average Bonchev–Trinajstić information content (AvgIpc) is 2.94. The minimum atomic E-state index is -0.338. The standard InChI is InChI=1S/C17H26N2O3/c1-12(20)11-14-7-6-10-19(14)13(2)17(21)18-15-8-4-5-9-16(15)22-3/h4-5,8-9,12-14,20H,6-7,10-11H2,1-3H3,(H,18,21). The Morgan fingerprint density at radius 3 is 2.86 bits per heavy atom. The molecule has 122 valence electrons. The number of methoxy groups -OCH3 is 1. The van der Waals surface area contributed by atoms with Crippen molar-refractivity contribution in [3.8, 4) is 5.75 Å². The van der Waals surface area contributed by atoms with Gasteiger partial charge in [0.2, 0.25) is 5.91 Å². The van der Waals surface area contributed by atoms with Gasteiger partial charge in [0.1, 0.15) is 5.75 Å². The van der Waals surface area contributed by atoms with E-state index in [0.717, 1.165) is 19.4 Å². The summed E-state index contributed by atoms with van der Waals surface area (Å²) in [4.78, 5) is 14.7. The Morgan fingerprint density at radius 1 is 1.45 bits per heavy atom. The molecule has 5 nitrogen and oxygen atoms in total. The number of carbonyl (C=O) groups excluding carboxylic acids is 1. The molecule has 1 aromatic carbocycles. The van der Waals surface area contributed by atoms with Gasteiger partial charge in [-0.3, -0.25) is 9.69 Å². The van der Waals surface area contributed by atoms with Crippen LogP contribution in [0.5, 0.6) is 5.75 Å². The van der Waals surface area contributed by atoms with Gasteiger partial charge in [0.05, 0.1) is 24.9 Å². The number of nitrogens with one attached hydrogen (secondary N) is 1. The van der Waals surface area contributed by atoms with Gasteiger partial charge in [-0.1, -0.05) is 12.1 Å². The van der Waals surface area contributed by atoms with Crippen molar-refractivity contribution in [2.24, 2.45) is 0 Å². The molecule has 3 atom stereocenters. The van der Waals surface area contributed by atoms with Crippen LogP contribution in [0, 0.1) is 0 Å². The normalized spacial score (nSPS) is 21.4. The highest BCUT2D eigenvalue weighted by molar-refractivity contribution is 5.95. The molecular formula is C17H26N2O3. The molecule has 0 bridgehead atoms. The van der Waals surface area contributed by atoms with Crippen LogP contribution in [0.1, 0.15) is 33.1 Å². The number of nitrogens with zero attached hydrogens (tertiary/aromatic N) is 1. The lowest BCUT2D eigenvalue weighted by Crippen LogP contribution is -2.45. The number of likely N-dealkylation sites (tertiary alicyclic amines) is 1. The number of amides is 1. The maximum atomic E-state index is 12.5. The number of benzene rings is 1. The number of aliphatic hydroxyl groups is 1. The van der Waals surface area contributed by atoms with Crippen molar-refractivity contribution in [3.05, 3.63) is 24.3 Å². The average molecular weight is 306 g/mol. The quantitative estimate of drug-likeness (QED) is 0.846. The van der Waals surface area contributed by atoms with Gasteiger partial charge >= 0.3 is 0 Å². The Balaban J connectivity index is 2.02. The summed E-state index contributed by atoms with van der Waals surface area (Å²) in [5, 5.41) is 12.6. The molecule has 0 saturated carbocycles.